The summed E-state index contributed by atoms with van der Waals surface area (Å²) in [6.45, 7) is 3.34. The molecule has 0 N–H and O–H groups in total. The van der Waals surface area contributed by atoms with E-state index in [0.29, 0.717) is 27.3 Å². The van der Waals surface area contributed by atoms with Crippen molar-refractivity contribution in [3.05, 3.63) is 75.1 Å². The summed E-state index contributed by atoms with van der Waals surface area (Å²) in [4.78, 5) is 23.9. The molecule has 0 bridgehead atoms. The Balaban J connectivity index is 1.75. The van der Waals surface area contributed by atoms with Crippen molar-refractivity contribution in [1.82, 2.24) is 0 Å². The van der Waals surface area contributed by atoms with Crippen LogP contribution in [0, 0.1) is 6.92 Å². The molecule has 5 nitrogen and oxygen atoms in total. The van der Waals surface area contributed by atoms with E-state index in [2.05, 4.69) is 0 Å². The molecule has 0 spiro atoms. The second-order valence-corrected chi connectivity index (χ2v) is 6.28. The van der Waals surface area contributed by atoms with Crippen molar-refractivity contribution in [3.8, 4) is 5.75 Å². The van der Waals surface area contributed by atoms with Crippen molar-refractivity contribution >= 4 is 28.5 Å². The zero-order valence-electron chi connectivity index (χ0n) is 14.3. The first-order valence-electron chi connectivity index (χ1n) is 8.05. The fraction of sp³-hybridized carbons (Fsp3) is 0.200. The molecule has 1 atom stereocenters. The monoisotopic (exact) mass is 372 g/mol. The van der Waals surface area contributed by atoms with Gasteiger partial charge in [-0.05, 0) is 43.7 Å². The molecule has 6 heteroatoms. The SMILES string of the molecule is Cc1cc2oc(=O)cc(COC(=O)C(C)Oc3ccccc3)c2cc1Cl. The van der Waals surface area contributed by atoms with Gasteiger partial charge in [0, 0.05) is 22.0 Å². The molecule has 3 aromatic rings. The normalized spacial score (nSPS) is 12.0. The Morgan fingerprint density at radius 2 is 1.92 bits per heavy atom. The summed E-state index contributed by atoms with van der Waals surface area (Å²) in [5, 5.41) is 1.17. The highest BCUT2D eigenvalue weighted by Gasteiger charge is 2.17. The maximum atomic E-state index is 12.2. The van der Waals surface area contributed by atoms with Crippen molar-refractivity contribution in [2.75, 3.05) is 0 Å². The van der Waals surface area contributed by atoms with Crippen molar-refractivity contribution < 1.29 is 18.7 Å². The molecule has 26 heavy (non-hydrogen) atoms. The molecule has 1 unspecified atom stereocenters. The van der Waals surface area contributed by atoms with Gasteiger partial charge in [-0.15, -0.1) is 0 Å². The summed E-state index contributed by atoms with van der Waals surface area (Å²) in [6.07, 6.45) is -0.783. The number of aryl methyl sites for hydroxylation is 1. The maximum Gasteiger partial charge on any atom is 0.347 e. The van der Waals surface area contributed by atoms with Gasteiger partial charge in [0.15, 0.2) is 6.10 Å². The van der Waals surface area contributed by atoms with Crippen LogP contribution in [-0.2, 0) is 16.1 Å². The van der Waals surface area contributed by atoms with Gasteiger partial charge in [-0.1, -0.05) is 29.8 Å². The highest BCUT2D eigenvalue weighted by Crippen LogP contribution is 2.25. The van der Waals surface area contributed by atoms with Gasteiger partial charge in [0.2, 0.25) is 0 Å². The van der Waals surface area contributed by atoms with Crippen molar-refractivity contribution in [1.29, 1.82) is 0 Å². The lowest BCUT2D eigenvalue weighted by Gasteiger charge is -2.14. The quantitative estimate of drug-likeness (QED) is 0.494. The minimum Gasteiger partial charge on any atom is -0.479 e. The Morgan fingerprint density at radius 1 is 1.19 bits per heavy atom. The third-order valence-corrected chi connectivity index (χ3v) is 4.27. The van der Waals surface area contributed by atoms with Crippen LogP contribution in [0.1, 0.15) is 18.1 Å². The number of esters is 1. The molecular formula is C20H17ClO5. The molecular weight excluding hydrogens is 356 g/mol. The van der Waals surface area contributed by atoms with Crippen LogP contribution < -0.4 is 10.4 Å². The highest BCUT2D eigenvalue weighted by atomic mass is 35.5. The van der Waals surface area contributed by atoms with Gasteiger partial charge in [0.25, 0.3) is 0 Å². The van der Waals surface area contributed by atoms with E-state index in [4.69, 9.17) is 25.5 Å². The Kier molecular flexibility index (Phi) is 5.28. The molecule has 0 saturated carbocycles. The topological polar surface area (TPSA) is 65.7 Å². The molecule has 2 aromatic carbocycles. The molecule has 0 aliphatic rings. The predicted molar refractivity (Wildman–Crippen MR) is 98.6 cm³/mol. The van der Waals surface area contributed by atoms with Crippen molar-refractivity contribution in [2.45, 2.75) is 26.6 Å². The Morgan fingerprint density at radius 3 is 2.65 bits per heavy atom. The largest absolute Gasteiger partial charge is 0.479 e. The standard InChI is InChI=1S/C20H17ClO5/c1-12-8-18-16(10-17(12)21)14(9-19(22)26-18)11-24-20(23)13(2)25-15-6-4-3-5-7-15/h3-10,13H,11H2,1-2H3. The number of carbonyl (C=O) groups excluding carboxylic acids is 1. The summed E-state index contributed by atoms with van der Waals surface area (Å²) in [5.41, 5.74) is 1.21. The highest BCUT2D eigenvalue weighted by molar-refractivity contribution is 6.32. The summed E-state index contributed by atoms with van der Waals surface area (Å²) in [5.74, 6) is 0.0402. The second-order valence-electron chi connectivity index (χ2n) is 5.87. The number of halogens is 1. The first kappa shape index (κ1) is 18.0. The average Bonchev–Trinajstić information content (AvgIpc) is 2.61. The van der Waals surface area contributed by atoms with Crippen LogP contribution in [0.25, 0.3) is 11.0 Å². The predicted octanol–water partition coefficient (Wildman–Crippen LogP) is 4.27. The first-order chi connectivity index (χ1) is 12.4. The number of fused-ring (bicyclic) bond motifs is 1. The summed E-state index contributed by atoms with van der Waals surface area (Å²) >= 11 is 6.16. The maximum absolute atomic E-state index is 12.2. The van der Waals surface area contributed by atoms with Gasteiger partial charge in [-0.3, -0.25) is 0 Å². The number of hydrogen-bond acceptors (Lipinski definition) is 5. The molecule has 0 aliphatic carbocycles. The Labute approximate surface area is 155 Å². The third kappa shape index (κ3) is 4.06. The molecule has 1 aromatic heterocycles. The van der Waals surface area contributed by atoms with Crippen LogP contribution in [0.4, 0.5) is 0 Å². The fourth-order valence-corrected chi connectivity index (χ4v) is 2.65. The first-order valence-corrected chi connectivity index (χ1v) is 8.43. The molecule has 3 rings (SSSR count). The third-order valence-electron chi connectivity index (χ3n) is 3.87. The molecule has 0 fully saturated rings. The number of hydrogen-bond donors (Lipinski definition) is 0. The van der Waals surface area contributed by atoms with Gasteiger partial charge in [-0.2, -0.15) is 0 Å². The van der Waals surface area contributed by atoms with Crippen LogP contribution in [0.2, 0.25) is 5.02 Å². The molecule has 0 saturated heterocycles. The van der Waals surface area contributed by atoms with E-state index in [-0.39, 0.29) is 6.61 Å². The van der Waals surface area contributed by atoms with Gasteiger partial charge < -0.3 is 13.9 Å². The van der Waals surface area contributed by atoms with E-state index in [1.54, 1.807) is 31.2 Å². The van der Waals surface area contributed by atoms with E-state index < -0.39 is 17.7 Å². The van der Waals surface area contributed by atoms with Crippen LogP contribution in [-0.4, -0.2) is 12.1 Å². The number of carbonyl (C=O) groups is 1. The van der Waals surface area contributed by atoms with Gasteiger partial charge in [-0.25, -0.2) is 9.59 Å². The number of benzene rings is 2. The van der Waals surface area contributed by atoms with E-state index in [1.807, 2.05) is 25.1 Å². The molecule has 0 amide bonds. The van der Waals surface area contributed by atoms with Gasteiger partial charge in [0.05, 0.1) is 0 Å². The molecule has 1 heterocycles. The lowest BCUT2D eigenvalue weighted by Crippen LogP contribution is -2.26. The van der Waals surface area contributed by atoms with E-state index >= 15 is 0 Å². The van der Waals surface area contributed by atoms with Crippen molar-refractivity contribution in [3.63, 3.8) is 0 Å². The lowest BCUT2D eigenvalue weighted by atomic mass is 10.1. The van der Waals surface area contributed by atoms with Crippen LogP contribution in [0.15, 0.2) is 57.7 Å². The van der Waals surface area contributed by atoms with Gasteiger partial charge >= 0.3 is 11.6 Å². The minimum atomic E-state index is -0.783. The summed E-state index contributed by atoms with van der Waals surface area (Å²) in [6, 6.07) is 13.7. The van der Waals surface area contributed by atoms with Gasteiger partial charge in [0.1, 0.15) is 17.9 Å². The Bertz CT molecular complexity index is 994. The van der Waals surface area contributed by atoms with E-state index in [0.717, 1.165) is 5.56 Å². The summed E-state index contributed by atoms with van der Waals surface area (Å²) < 4.78 is 16.0. The Hall–Kier alpha value is -2.79. The second kappa shape index (κ2) is 7.62. The summed E-state index contributed by atoms with van der Waals surface area (Å²) in [7, 11) is 0. The smallest absolute Gasteiger partial charge is 0.347 e. The molecule has 0 radical (unpaired) electrons. The lowest BCUT2D eigenvalue weighted by molar-refractivity contribution is -0.152. The van der Waals surface area contributed by atoms with Crippen LogP contribution in [0.3, 0.4) is 0 Å². The number of rotatable bonds is 5. The fourth-order valence-electron chi connectivity index (χ4n) is 2.49. The van der Waals surface area contributed by atoms with Crippen LogP contribution in [0.5, 0.6) is 5.75 Å². The number of para-hydroxylation sites is 1. The van der Waals surface area contributed by atoms with E-state index in [1.165, 1.54) is 6.07 Å². The zero-order valence-corrected chi connectivity index (χ0v) is 15.1. The van der Waals surface area contributed by atoms with Crippen LogP contribution >= 0.6 is 11.6 Å². The zero-order chi connectivity index (χ0) is 18.7. The number of ether oxygens (including phenoxy) is 2. The van der Waals surface area contributed by atoms with E-state index in [9.17, 15) is 9.59 Å². The molecule has 0 aliphatic heterocycles. The minimum absolute atomic E-state index is 0.0805. The van der Waals surface area contributed by atoms with Crippen molar-refractivity contribution in [2.24, 2.45) is 0 Å². The molecule has 134 valence electrons. The average molecular weight is 373 g/mol.